The molecule has 1 atom stereocenters. The van der Waals surface area contributed by atoms with Crippen LogP contribution in [0.25, 0.3) is 11.4 Å². The minimum Gasteiger partial charge on any atom is -0.467 e. The van der Waals surface area contributed by atoms with Crippen molar-refractivity contribution >= 4 is 17.4 Å². The van der Waals surface area contributed by atoms with E-state index in [-0.39, 0.29) is 11.7 Å². The second-order valence-electron chi connectivity index (χ2n) is 5.30. The Morgan fingerprint density at radius 2 is 2.08 bits per heavy atom. The number of aryl methyl sites for hydroxylation is 1. The lowest BCUT2D eigenvalue weighted by molar-refractivity contribution is 0.218. The summed E-state index contributed by atoms with van der Waals surface area (Å²) in [5.74, 6) is -0.119. The standard InChI is InChI=1S/C16H15ClFN5O/c1-9(11-5-10(18)3-4-12(11)17)24-16-15(19)20-6-13(22-16)14-7-23(2)8-21-14/h3-9H,1-2H3,(H2,19,20). The number of aromatic nitrogens is 4. The molecule has 3 aromatic rings. The third kappa shape index (κ3) is 3.30. The maximum Gasteiger partial charge on any atom is 0.258 e. The van der Waals surface area contributed by atoms with Gasteiger partial charge in [0.15, 0.2) is 5.82 Å². The van der Waals surface area contributed by atoms with Crippen LogP contribution in [-0.2, 0) is 7.05 Å². The van der Waals surface area contributed by atoms with Crippen LogP contribution in [-0.4, -0.2) is 19.5 Å². The first kappa shape index (κ1) is 16.2. The smallest absolute Gasteiger partial charge is 0.258 e. The number of anilines is 1. The van der Waals surface area contributed by atoms with Gasteiger partial charge in [-0.2, -0.15) is 0 Å². The molecule has 8 heteroatoms. The molecule has 6 nitrogen and oxygen atoms in total. The third-order valence-electron chi connectivity index (χ3n) is 3.42. The van der Waals surface area contributed by atoms with Gasteiger partial charge in [0.1, 0.15) is 23.3 Å². The molecule has 0 amide bonds. The fraction of sp³-hybridized carbons (Fsp3) is 0.188. The van der Waals surface area contributed by atoms with E-state index in [1.807, 2.05) is 7.05 Å². The topological polar surface area (TPSA) is 78.8 Å². The van der Waals surface area contributed by atoms with Crippen molar-refractivity contribution in [3.8, 4) is 17.3 Å². The van der Waals surface area contributed by atoms with Gasteiger partial charge >= 0.3 is 0 Å². The fourth-order valence-electron chi connectivity index (χ4n) is 2.19. The highest BCUT2D eigenvalue weighted by Crippen LogP contribution is 2.30. The van der Waals surface area contributed by atoms with Crippen LogP contribution in [0, 0.1) is 5.82 Å². The molecule has 0 radical (unpaired) electrons. The molecule has 3 rings (SSSR count). The minimum atomic E-state index is -0.552. The molecule has 1 unspecified atom stereocenters. The monoisotopic (exact) mass is 347 g/mol. The van der Waals surface area contributed by atoms with E-state index >= 15 is 0 Å². The highest BCUT2D eigenvalue weighted by Gasteiger charge is 2.17. The molecule has 0 fully saturated rings. The van der Waals surface area contributed by atoms with Crippen molar-refractivity contribution < 1.29 is 9.13 Å². The van der Waals surface area contributed by atoms with E-state index in [2.05, 4.69) is 15.0 Å². The van der Waals surface area contributed by atoms with Gasteiger partial charge in [-0.05, 0) is 25.1 Å². The van der Waals surface area contributed by atoms with Gasteiger partial charge in [0.2, 0.25) is 0 Å². The SMILES string of the molecule is CC(Oc1nc(-c2cn(C)cn2)cnc1N)c1cc(F)ccc1Cl. The Balaban J connectivity index is 1.90. The number of ether oxygens (including phenoxy) is 1. The van der Waals surface area contributed by atoms with E-state index in [1.54, 1.807) is 24.0 Å². The largest absolute Gasteiger partial charge is 0.467 e. The number of hydrogen-bond acceptors (Lipinski definition) is 5. The number of imidazole rings is 1. The molecule has 0 saturated carbocycles. The van der Waals surface area contributed by atoms with Gasteiger partial charge in [-0.1, -0.05) is 11.6 Å². The first-order valence-corrected chi connectivity index (χ1v) is 7.54. The molecular formula is C16H15ClFN5O. The second kappa shape index (κ2) is 6.45. The lowest BCUT2D eigenvalue weighted by Gasteiger charge is -2.16. The lowest BCUT2D eigenvalue weighted by atomic mass is 10.1. The summed E-state index contributed by atoms with van der Waals surface area (Å²) in [5, 5.41) is 0.399. The second-order valence-corrected chi connectivity index (χ2v) is 5.70. The summed E-state index contributed by atoms with van der Waals surface area (Å²) in [7, 11) is 1.85. The minimum absolute atomic E-state index is 0.133. The van der Waals surface area contributed by atoms with Crippen LogP contribution in [0.4, 0.5) is 10.2 Å². The van der Waals surface area contributed by atoms with Gasteiger partial charge in [-0.25, -0.2) is 19.3 Å². The van der Waals surface area contributed by atoms with Gasteiger partial charge in [-0.3, -0.25) is 0 Å². The molecule has 2 aromatic heterocycles. The van der Waals surface area contributed by atoms with E-state index in [0.717, 1.165) is 0 Å². The summed E-state index contributed by atoms with van der Waals surface area (Å²) >= 11 is 6.10. The molecular weight excluding hydrogens is 333 g/mol. The Hall–Kier alpha value is -2.67. The van der Waals surface area contributed by atoms with E-state index < -0.39 is 11.9 Å². The first-order valence-electron chi connectivity index (χ1n) is 7.16. The first-order chi connectivity index (χ1) is 11.4. The maximum absolute atomic E-state index is 13.4. The molecule has 2 heterocycles. The number of nitrogen functional groups attached to an aromatic ring is 1. The molecule has 124 valence electrons. The predicted molar refractivity (Wildman–Crippen MR) is 89.1 cm³/mol. The van der Waals surface area contributed by atoms with E-state index in [1.165, 1.54) is 24.4 Å². The van der Waals surface area contributed by atoms with Crippen molar-refractivity contribution in [1.29, 1.82) is 0 Å². The van der Waals surface area contributed by atoms with Crippen molar-refractivity contribution in [1.82, 2.24) is 19.5 Å². The molecule has 0 aliphatic heterocycles. The number of nitrogens with zero attached hydrogens (tertiary/aromatic N) is 4. The zero-order chi connectivity index (χ0) is 17.3. The van der Waals surface area contributed by atoms with Crippen molar-refractivity contribution in [2.24, 2.45) is 7.05 Å². The highest BCUT2D eigenvalue weighted by molar-refractivity contribution is 6.31. The van der Waals surface area contributed by atoms with Crippen molar-refractivity contribution in [2.75, 3.05) is 5.73 Å². The highest BCUT2D eigenvalue weighted by atomic mass is 35.5. The van der Waals surface area contributed by atoms with E-state index in [0.29, 0.717) is 22.0 Å². The molecule has 2 N–H and O–H groups in total. The maximum atomic E-state index is 13.4. The molecule has 0 aliphatic carbocycles. The average molecular weight is 348 g/mol. The Morgan fingerprint density at radius 1 is 1.29 bits per heavy atom. The van der Waals surface area contributed by atoms with Crippen LogP contribution in [0.2, 0.25) is 5.02 Å². The predicted octanol–water partition coefficient (Wildman–Crippen LogP) is 3.39. The zero-order valence-corrected chi connectivity index (χ0v) is 13.8. The molecule has 1 aromatic carbocycles. The van der Waals surface area contributed by atoms with Crippen LogP contribution in [0.5, 0.6) is 5.88 Å². The molecule has 0 aliphatic rings. The van der Waals surface area contributed by atoms with Crippen LogP contribution in [0.3, 0.4) is 0 Å². The normalized spacial score (nSPS) is 12.2. The molecule has 0 saturated heterocycles. The summed E-state index contributed by atoms with van der Waals surface area (Å²) < 4.78 is 21.0. The Labute approximate surface area is 143 Å². The summed E-state index contributed by atoms with van der Waals surface area (Å²) in [6.07, 6.45) is 4.42. The van der Waals surface area contributed by atoms with Crippen molar-refractivity contribution in [3.05, 3.63) is 53.3 Å². The van der Waals surface area contributed by atoms with Crippen molar-refractivity contribution in [2.45, 2.75) is 13.0 Å². The lowest BCUT2D eigenvalue weighted by Crippen LogP contribution is -2.09. The third-order valence-corrected chi connectivity index (χ3v) is 3.76. The molecule has 0 spiro atoms. The number of nitrogens with two attached hydrogens (primary N) is 1. The quantitative estimate of drug-likeness (QED) is 0.782. The molecule has 0 bridgehead atoms. The zero-order valence-electron chi connectivity index (χ0n) is 13.1. The Kier molecular flexibility index (Phi) is 4.35. The number of rotatable bonds is 4. The van der Waals surface area contributed by atoms with Crippen LogP contribution in [0.1, 0.15) is 18.6 Å². The van der Waals surface area contributed by atoms with Crippen LogP contribution >= 0.6 is 11.6 Å². The van der Waals surface area contributed by atoms with Crippen LogP contribution in [0.15, 0.2) is 36.9 Å². The van der Waals surface area contributed by atoms with Gasteiger partial charge in [0, 0.05) is 23.8 Å². The summed E-state index contributed by atoms with van der Waals surface area (Å²) in [4.78, 5) is 12.6. The number of benzene rings is 1. The summed E-state index contributed by atoms with van der Waals surface area (Å²) in [5.41, 5.74) is 7.51. The van der Waals surface area contributed by atoms with Crippen molar-refractivity contribution in [3.63, 3.8) is 0 Å². The summed E-state index contributed by atoms with van der Waals surface area (Å²) in [6.45, 7) is 1.73. The summed E-state index contributed by atoms with van der Waals surface area (Å²) in [6, 6.07) is 4.08. The Bertz CT molecular complexity index is 883. The van der Waals surface area contributed by atoms with Gasteiger partial charge in [0.25, 0.3) is 5.88 Å². The molecule has 24 heavy (non-hydrogen) atoms. The fourth-order valence-corrected chi connectivity index (χ4v) is 2.46. The number of hydrogen-bond donors (Lipinski definition) is 1. The Morgan fingerprint density at radius 3 is 2.79 bits per heavy atom. The number of halogens is 2. The van der Waals surface area contributed by atoms with Gasteiger partial charge < -0.3 is 15.0 Å². The average Bonchev–Trinajstić information content (AvgIpc) is 2.98. The van der Waals surface area contributed by atoms with Gasteiger partial charge in [-0.15, -0.1) is 0 Å². The van der Waals surface area contributed by atoms with E-state index in [9.17, 15) is 4.39 Å². The van der Waals surface area contributed by atoms with E-state index in [4.69, 9.17) is 22.1 Å². The van der Waals surface area contributed by atoms with Gasteiger partial charge in [0.05, 0.1) is 12.5 Å². The van der Waals surface area contributed by atoms with Crippen LogP contribution < -0.4 is 10.5 Å².